The summed E-state index contributed by atoms with van der Waals surface area (Å²) in [7, 11) is 1.27. The number of carbonyl (C=O) groups is 1. The fourth-order valence-corrected chi connectivity index (χ4v) is 5.83. The predicted octanol–water partition coefficient (Wildman–Crippen LogP) is 6.19. The van der Waals surface area contributed by atoms with Crippen LogP contribution in [0.1, 0.15) is 35.7 Å². The van der Waals surface area contributed by atoms with E-state index in [9.17, 15) is 13.2 Å². The van der Waals surface area contributed by atoms with Gasteiger partial charge in [0.2, 0.25) is 0 Å². The van der Waals surface area contributed by atoms with Crippen molar-refractivity contribution in [1.29, 1.82) is 0 Å². The van der Waals surface area contributed by atoms with E-state index in [0.29, 0.717) is 35.9 Å². The Morgan fingerprint density at radius 1 is 0.833 bits per heavy atom. The minimum atomic E-state index is -3.97. The smallest absolute Gasteiger partial charge is 0.265 e. The minimum absolute atomic E-state index is 0.0523. The Morgan fingerprint density at radius 3 is 2.29 bits per heavy atom. The second-order valence-electron chi connectivity index (χ2n) is 10.4. The summed E-state index contributed by atoms with van der Waals surface area (Å²) in [5.41, 5.74) is 5.45. The number of carbonyl (C=O) groups excluding carboxylic acids is 1. The number of methoxy groups -OCH3 is 1. The molecule has 0 radical (unpaired) electrons. The fraction of sp³-hybridized carbons (Fsp3) is 0.242. The first-order chi connectivity index (χ1) is 20.1. The molecule has 4 rings (SSSR count). The lowest BCUT2D eigenvalue weighted by atomic mass is 9.97. The van der Waals surface area contributed by atoms with E-state index in [-0.39, 0.29) is 16.6 Å². The second-order valence-corrected chi connectivity index (χ2v) is 12.1. The van der Waals surface area contributed by atoms with Gasteiger partial charge in [-0.25, -0.2) is 8.42 Å². The lowest BCUT2D eigenvalue weighted by Gasteiger charge is -2.17. The highest BCUT2D eigenvalue weighted by Gasteiger charge is 2.21. The molecule has 0 unspecified atom stereocenters. The molecule has 0 atom stereocenters. The SMILES string of the molecule is COc1ccc(-c2cccc(C(C)C)c2)cc1S(=O)(=O)Nc1cccc(NCCNC(=O)c2ccccc2N(C)C)c1. The number of ether oxygens (including phenoxy) is 1. The largest absolute Gasteiger partial charge is 0.495 e. The number of sulfonamides is 1. The maximum absolute atomic E-state index is 13.5. The maximum Gasteiger partial charge on any atom is 0.265 e. The van der Waals surface area contributed by atoms with E-state index in [0.717, 1.165) is 16.8 Å². The molecule has 1 amide bonds. The third-order valence-corrected chi connectivity index (χ3v) is 8.23. The molecule has 8 nitrogen and oxygen atoms in total. The molecular weight excluding hydrogens is 548 g/mol. The highest BCUT2D eigenvalue weighted by Crippen LogP contribution is 2.32. The topological polar surface area (TPSA) is 99.8 Å². The average molecular weight is 587 g/mol. The lowest BCUT2D eigenvalue weighted by molar-refractivity contribution is 0.0955. The lowest BCUT2D eigenvalue weighted by Crippen LogP contribution is -2.30. The van der Waals surface area contributed by atoms with E-state index in [1.165, 1.54) is 12.7 Å². The van der Waals surface area contributed by atoms with Gasteiger partial charge >= 0.3 is 0 Å². The van der Waals surface area contributed by atoms with Crippen LogP contribution in [0.15, 0.2) is 95.9 Å². The molecule has 3 N–H and O–H groups in total. The number of hydrogen-bond acceptors (Lipinski definition) is 6. The van der Waals surface area contributed by atoms with Crippen molar-refractivity contribution in [3.05, 3.63) is 102 Å². The van der Waals surface area contributed by atoms with Crippen LogP contribution in [-0.2, 0) is 10.0 Å². The molecule has 42 heavy (non-hydrogen) atoms. The highest BCUT2D eigenvalue weighted by molar-refractivity contribution is 7.92. The van der Waals surface area contributed by atoms with E-state index >= 15 is 0 Å². The molecule has 0 bridgehead atoms. The van der Waals surface area contributed by atoms with Crippen LogP contribution in [0.3, 0.4) is 0 Å². The Bertz CT molecular complexity index is 1650. The van der Waals surface area contributed by atoms with Crippen molar-refractivity contribution in [3.63, 3.8) is 0 Å². The van der Waals surface area contributed by atoms with Gasteiger partial charge in [-0.1, -0.05) is 62.4 Å². The Labute approximate surface area is 248 Å². The van der Waals surface area contributed by atoms with Gasteiger partial charge in [0.05, 0.1) is 18.4 Å². The first-order valence-electron chi connectivity index (χ1n) is 13.8. The molecule has 0 fully saturated rings. The molecule has 0 aliphatic carbocycles. The van der Waals surface area contributed by atoms with E-state index in [4.69, 9.17) is 4.74 Å². The van der Waals surface area contributed by atoms with Crippen LogP contribution in [0, 0.1) is 0 Å². The molecule has 0 spiro atoms. The summed E-state index contributed by atoms with van der Waals surface area (Å²) in [6, 6.07) is 27.7. The van der Waals surface area contributed by atoms with Gasteiger partial charge in [-0.2, -0.15) is 0 Å². The standard InChI is InChI=1S/C33H38N4O4S/c1-23(2)24-10-8-11-25(20-24)26-16-17-31(41-5)32(21-26)42(39,40)36-28-13-9-12-27(22-28)34-18-19-35-33(38)29-14-6-7-15-30(29)37(3)4/h6-17,20-23,34,36H,18-19H2,1-5H3,(H,35,38). The van der Waals surface area contributed by atoms with Crippen LogP contribution in [0.4, 0.5) is 17.1 Å². The predicted molar refractivity (Wildman–Crippen MR) is 171 cm³/mol. The molecule has 4 aromatic rings. The molecule has 220 valence electrons. The molecule has 9 heteroatoms. The average Bonchev–Trinajstić information content (AvgIpc) is 2.99. The number of rotatable bonds is 12. The van der Waals surface area contributed by atoms with Crippen molar-refractivity contribution in [2.45, 2.75) is 24.7 Å². The van der Waals surface area contributed by atoms with E-state index in [1.54, 1.807) is 36.4 Å². The minimum Gasteiger partial charge on any atom is -0.495 e. The number of hydrogen-bond donors (Lipinski definition) is 3. The van der Waals surface area contributed by atoms with Gasteiger partial charge < -0.3 is 20.3 Å². The second kappa shape index (κ2) is 13.4. The Morgan fingerprint density at radius 2 is 1.55 bits per heavy atom. The van der Waals surface area contributed by atoms with Crippen LogP contribution in [0.25, 0.3) is 11.1 Å². The Kier molecular flexibility index (Phi) is 9.75. The van der Waals surface area contributed by atoms with Crippen LogP contribution in [0.5, 0.6) is 5.75 Å². The summed E-state index contributed by atoms with van der Waals surface area (Å²) in [6.07, 6.45) is 0. The number of anilines is 3. The number of nitrogens with zero attached hydrogens (tertiary/aromatic N) is 1. The number of benzene rings is 4. The highest BCUT2D eigenvalue weighted by atomic mass is 32.2. The zero-order valence-electron chi connectivity index (χ0n) is 24.6. The van der Waals surface area contributed by atoms with E-state index in [1.807, 2.05) is 61.5 Å². The van der Waals surface area contributed by atoms with E-state index in [2.05, 4.69) is 41.3 Å². The van der Waals surface area contributed by atoms with Crippen LogP contribution in [-0.4, -0.2) is 48.6 Å². The van der Waals surface area contributed by atoms with Crippen molar-refractivity contribution in [3.8, 4) is 16.9 Å². The summed E-state index contributed by atoms with van der Waals surface area (Å²) in [4.78, 5) is 14.6. The molecule has 0 heterocycles. The number of amides is 1. The van der Waals surface area contributed by atoms with Gasteiger partial charge in [0, 0.05) is 38.6 Å². The van der Waals surface area contributed by atoms with Crippen molar-refractivity contribution in [2.24, 2.45) is 0 Å². The summed E-state index contributed by atoms with van der Waals surface area (Å²) in [5, 5.41) is 6.16. The van der Waals surface area contributed by atoms with Gasteiger partial charge in [0.1, 0.15) is 10.6 Å². The van der Waals surface area contributed by atoms with Crippen LogP contribution in [0.2, 0.25) is 0 Å². The molecule has 0 saturated heterocycles. The Balaban J connectivity index is 1.44. The van der Waals surface area contributed by atoms with Gasteiger partial charge in [-0.05, 0) is 65.1 Å². The van der Waals surface area contributed by atoms with E-state index < -0.39 is 10.0 Å². The maximum atomic E-state index is 13.5. The normalized spacial score (nSPS) is 11.2. The first kappa shape index (κ1) is 30.5. The van der Waals surface area contributed by atoms with Gasteiger partial charge in [-0.3, -0.25) is 9.52 Å². The summed E-state index contributed by atoms with van der Waals surface area (Å²) in [5.74, 6) is 0.451. The summed E-state index contributed by atoms with van der Waals surface area (Å²) >= 11 is 0. The number of para-hydroxylation sites is 1. The van der Waals surface area contributed by atoms with Crippen molar-refractivity contribution < 1.29 is 17.9 Å². The van der Waals surface area contributed by atoms with Gasteiger partial charge in [0.25, 0.3) is 15.9 Å². The molecule has 4 aromatic carbocycles. The molecule has 0 aliphatic heterocycles. The van der Waals surface area contributed by atoms with Crippen LogP contribution < -0.4 is 25.0 Å². The fourth-order valence-electron chi connectivity index (χ4n) is 4.58. The van der Waals surface area contributed by atoms with Crippen molar-refractivity contribution >= 4 is 33.0 Å². The quantitative estimate of drug-likeness (QED) is 0.171. The third-order valence-electron chi connectivity index (χ3n) is 6.82. The van der Waals surface area contributed by atoms with Crippen molar-refractivity contribution in [2.75, 3.05) is 49.2 Å². The Hall–Kier alpha value is -4.50. The molecular formula is C33H38N4O4S. The zero-order valence-corrected chi connectivity index (χ0v) is 25.5. The molecule has 0 aromatic heterocycles. The zero-order chi connectivity index (χ0) is 30.3. The number of nitrogens with one attached hydrogen (secondary N) is 3. The van der Waals surface area contributed by atoms with Crippen molar-refractivity contribution in [1.82, 2.24) is 5.32 Å². The summed E-state index contributed by atoms with van der Waals surface area (Å²) < 4.78 is 35.2. The van der Waals surface area contributed by atoms with Gasteiger partial charge in [0.15, 0.2) is 0 Å². The monoisotopic (exact) mass is 586 g/mol. The molecule has 0 saturated carbocycles. The summed E-state index contributed by atoms with van der Waals surface area (Å²) in [6.45, 7) is 5.09. The van der Waals surface area contributed by atoms with Gasteiger partial charge in [-0.15, -0.1) is 0 Å². The third kappa shape index (κ3) is 7.41. The first-order valence-corrected chi connectivity index (χ1v) is 15.3. The van der Waals surface area contributed by atoms with Crippen LogP contribution >= 0.6 is 0 Å². The molecule has 0 aliphatic rings.